The Balaban J connectivity index is 2.13. The average molecular weight is 319 g/mol. The summed E-state index contributed by atoms with van der Waals surface area (Å²) in [7, 11) is 0. The molecule has 1 heterocycles. The topological polar surface area (TPSA) is 42.0 Å². The van der Waals surface area contributed by atoms with Crippen LogP contribution in [0.25, 0.3) is 0 Å². The molecule has 2 aromatic rings. The van der Waals surface area contributed by atoms with Crippen LogP contribution in [0.1, 0.15) is 35.3 Å². The van der Waals surface area contributed by atoms with Gasteiger partial charge < -0.3 is 5.32 Å². The van der Waals surface area contributed by atoms with Crippen LogP contribution in [0.15, 0.2) is 53.3 Å². The van der Waals surface area contributed by atoms with Gasteiger partial charge in [-0.25, -0.2) is 0 Å². The average Bonchev–Trinajstić information content (AvgIpc) is 2.45. The first-order valence-corrected chi connectivity index (χ1v) is 6.96. The first kappa shape index (κ1) is 13.7. The lowest BCUT2D eigenvalue weighted by Crippen LogP contribution is -2.28. The van der Waals surface area contributed by atoms with Gasteiger partial charge >= 0.3 is 0 Å². The quantitative estimate of drug-likeness (QED) is 0.933. The molecule has 0 bridgehead atoms. The Bertz CT molecular complexity index is 557. The molecule has 0 spiro atoms. The summed E-state index contributed by atoms with van der Waals surface area (Å²) >= 11 is 3.32. The van der Waals surface area contributed by atoms with Gasteiger partial charge in [0.05, 0.1) is 11.6 Å². The second-order valence-electron chi connectivity index (χ2n) is 4.24. The third-order valence-corrected chi connectivity index (χ3v) is 3.32. The van der Waals surface area contributed by atoms with Crippen molar-refractivity contribution in [3.8, 4) is 0 Å². The highest BCUT2D eigenvalue weighted by Crippen LogP contribution is 2.17. The number of rotatable bonds is 4. The Labute approximate surface area is 121 Å². The monoisotopic (exact) mass is 318 g/mol. The van der Waals surface area contributed by atoms with E-state index in [1.165, 1.54) is 0 Å². The zero-order chi connectivity index (χ0) is 13.7. The second kappa shape index (κ2) is 6.48. The Hall–Kier alpha value is -1.68. The molecule has 0 unspecified atom stereocenters. The summed E-state index contributed by atoms with van der Waals surface area (Å²) < 4.78 is 0.799. The number of amides is 1. The van der Waals surface area contributed by atoms with Crippen LogP contribution < -0.4 is 5.32 Å². The molecule has 0 saturated heterocycles. The van der Waals surface area contributed by atoms with Gasteiger partial charge in [-0.3, -0.25) is 9.78 Å². The van der Waals surface area contributed by atoms with Crippen LogP contribution in [0.5, 0.6) is 0 Å². The molecule has 1 N–H and O–H groups in total. The minimum atomic E-state index is -0.107. The van der Waals surface area contributed by atoms with E-state index in [9.17, 15) is 4.79 Å². The van der Waals surface area contributed by atoms with Crippen LogP contribution in [0.4, 0.5) is 0 Å². The van der Waals surface area contributed by atoms with Crippen molar-refractivity contribution in [3.63, 3.8) is 0 Å². The number of carbonyl (C=O) groups is 1. The summed E-state index contributed by atoms with van der Waals surface area (Å²) in [6.07, 6.45) is 4.07. The van der Waals surface area contributed by atoms with E-state index in [-0.39, 0.29) is 11.9 Å². The van der Waals surface area contributed by atoms with Gasteiger partial charge in [-0.2, -0.15) is 0 Å². The molecule has 3 nitrogen and oxygen atoms in total. The number of nitrogens with zero attached hydrogens (tertiary/aromatic N) is 1. The molecule has 0 aliphatic heterocycles. The molecule has 1 aromatic carbocycles. The van der Waals surface area contributed by atoms with Crippen molar-refractivity contribution >= 4 is 21.8 Å². The predicted molar refractivity (Wildman–Crippen MR) is 78.9 cm³/mol. The number of aromatic nitrogens is 1. The maximum absolute atomic E-state index is 12.2. The molecule has 1 aromatic heterocycles. The fourth-order valence-corrected chi connectivity index (χ4v) is 2.25. The molecule has 98 valence electrons. The maximum atomic E-state index is 12.2. The molecular formula is C15H15BrN2O. The fourth-order valence-electron chi connectivity index (χ4n) is 1.88. The number of pyridine rings is 1. The van der Waals surface area contributed by atoms with Gasteiger partial charge in [0.1, 0.15) is 0 Å². The largest absolute Gasteiger partial charge is 0.345 e. The highest BCUT2D eigenvalue weighted by molar-refractivity contribution is 9.10. The van der Waals surface area contributed by atoms with Crippen molar-refractivity contribution in [2.24, 2.45) is 0 Å². The Morgan fingerprint density at radius 2 is 2.05 bits per heavy atom. The first-order chi connectivity index (χ1) is 9.20. The lowest BCUT2D eigenvalue weighted by atomic mass is 10.0. The summed E-state index contributed by atoms with van der Waals surface area (Å²) in [6.45, 7) is 2.05. The van der Waals surface area contributed by atoms with E-state index in [0.29, 0.717) is 5.56 Å². The highest BCUT2D eigenvalue weighted by atomic mass is 79.9. The Morgan fingerprint density at radius 1 is 1.32 bits per heavy atom. The van der Waals surface area contributed by atoms with Gasteiger partial charge in [-0.05, 0) is 34.0 Å². The van der Waals surface area contributed by atoms with E-state index >= 15 is 0 Å². The lowest BCUT2D eigenvalue weighted by Gasteiger charge is -2.17. The molecule has 1 atom stereocenters. The fraction of sp³-hybridized carbons (Fsp3) is 0.200. The molecule has 0 aliphatic carbocycles. The summed E-state index contributed by atoms with van der Waals surface area (Å²) in [5, 5.41) is 3.03. The van der Waals surface area contributed by atoms with Gasteiger partial charge in [0.25, 0.3) is 5.91 Å². The molecule has 1 amide bonds. The van der Waals surface area contributed by atoms with Crippen molar-refractivity contribution in [1.29, 1.82) is 0 Å². The van der Waals surface area contributed by atoms with Crippen LogP contribution in [-0.2, 0) is 0 Å². The van der Waals surface area contributed by atoms with Crippen molar-refractivity contribution in [2.75, 3.05) is 0 Å². The molecule has 0 radical (unpaired) electrons. The van der Waals surface area contributed by atoms with E-state index < -0.39 is 0 Å². The van der Waals surface area contributed by atoms with Gasteiger partial charge in [-0.15, -0.1) is 0 Å². The number of hydrogen-bond donors (Lipinski definition) is 1. The number of nitrogens with one attached hydrogen (secondary N) is 1. The summed E-state index contributed by atoms with van der Waals surface area (Å²) in [5.74, 6) is -0.107. The first-order valence-electron chi connectivity index (χ1n) is 6.17. The molecule has 0 aliphatic rings. The maximum Gasteiger partial charge on any atom is 0.253 e. The van der Waals surface area contributed by atoms with Crippen LogP contribution in [-0.4, -0.2) is 10.9 Å². The Kier molecular flexibility index (Phi) is 4.68. The van der Waals surface area contributed by atoms with Gasteiger partial charge in [0.2, 0.25) is 0 Å². The molecule has 2 rings (SSSR count). The highest BCUT2D eigenvalue weighted by Gasteiger charge is 2.14. The molecular weight excluding hydrogens is 304 g/mol. The summed E-state index contributed by atoms with van der Waals surface area (Å²) in [5.41, 5.74) is 1.67. The standard InChI is InChI=1S/C15H15BrN2O/c1-2-14(11-6-4-3-5-7-11)18-15(19)12-8-13(16)10-17-9-12/h3-10,14H,2H2,1H3,(H,18,19)/t14-/m1/s1. The molecule has 4 heteroatoms. The number of halogens is 1. The van der Waals surface area contributed by atoms with Gasteiger partial charge in [-0.1, -0.05) is 37.3 Å². The van der Waals surface area contributed by atoms with Crippen molar-refractivity contribution in [2.45, 2.75) is 19.4 Å². The normalized spacial score (nSPS) is 11.9. The van der Waals surface area contributed by atoms with E-state index in [4.69, 9.17) is 0 Å². The van der Waals surface area contributed by atoms with Crippen LogP contribution in [0.2, 0.25) is 0 Å². The number of carbonyl (C=O) groups excluding carboxylic acids is 1. The van der Waals surface area contributed by atoms with Gasteiger partial charge in [0.15, 0.2) is 0 Å². The van der Waals surface area contributed by atoms with Gasteiger partial charge in [0, 0.05) is 16.9 Å². The minimum absolute atomic E-state index is 0.0210. The summed E-state index contributed by atoms with van der Waals surface area (Å²) in [6, 6.07) is 11.8. The van der Waals surface area contributed by atoms with Crippen LogP contribution in [0.3, 0.4) is 0 Å². The lowest BCUT2D eigenvalue weighted by molar-refractivity contribution is 0.0935. The zero-order valence-electron chi connectivity index (χ0n) is 10.6. The molecule has 0 saturated carbocycles. The SMILES string of the molecule is CC[C@@H](NC(=O)c1cncc(Br)c1)c1ccccc1. The summed E-state index contributed by atoms with van der Waals surface area (Å²) in [4.78, 5) is 16.2. The van der Waals surface area contributed by atoms with Crippen molar-refractivity contribution in [1.82, 2.24) is 10.3 Å². The van der Waals surface area contributed by atoms with E-state index in [2.05, 4.69) is 33.2 Å². The van der Waals surface area contributed by atoms with Crippen molar-refractivity contribution < 1.29 is 4.79 Å². The van der Waals surface area contributed by atoms with E-state index in [0.717, 1.165) is 16.5 Å². The third kappa shape index (κ3) is 3.64. The van der Waals surface area contributed by atoms with E-state index in [1.807, 2.05) is 30.3 Å². The predicted octanol–water partition coefficient (Wildman–Crippen LogP) is 3.73. The minimum Gasteiger partial charge on any atom is -0.345 e. The zero-order valence-corrected chi connectivity index (χ0v) is 12.2. The van der Waals surface area contributed by atoms with Crippen LogP contribution in [0, 0.1) is 0 Å². The molecule has 0 fully saturated rings. The second-order valence-corrected chi connectivity index (χ2v) is 5.15. The third-order valence-electron chi connectivity index (χ3n) is 2.88. The van der Waals surface area contributed by atoms with E-state index in [1.54, 1.807) is 18.5 Å². The molecule has 19 heavy (non-hydrogen) atoms. The Morgan fingerprint density at radius 3 is 2.68 bits per heavy atom. The number of benzene rings is 1. The van der Waals surface area contributed by atoms with Crippen molar-refractivity contribution in [3.05, 3.63) is 64.4 Å². The smallest absolute Gasteiger partial charge is 0.253 e. The number of hydrogen-bond acceptors (Lipinski definition) is 2. The van der Waals surface area contributed by atoms with Crippen LogP contribution >= 0.6 is 15.9 Å².